The lowest BCUT2D eigenvalue weighted by Crippen LogP contribution is -2.28. The van der Waals surface area contributed by atoms with Crippen molar-refractivity contribution in [1.29, 1.82) is 0 Å². The molecule has 0 bridgehead atoms. The number of amides is 2. The average molecular weight is 442 g/mol. The van der Waals surface area contributed by atoms with Crippen molar-refractivity contribution in [2.45, 2.75) is 45.2 Å². The number of carboxylic acid groups (broad SMARTS) is 1. The van der Waals surface area contributed by atoms with Crippen molar-refractivity contribution < 1.29 is 24.3 Å². The Morgan fingerprint density at radius 3 is 2.50 bits per heavy atom. The standard InChI is InChI=1S/C24H31N3O5/c1-2-32-27-21(28)14-7-4-8-15-25-23(29)20-13-9-10-18(16-20)17-26-22(24(30)31)19-11-5-3-6-12-19/h3,5-6,9-13,16,22,26H,2,4,7-8,14-15,17H2,1H3,(H,25,29)(H,27,28)(H,30,31)/t22-/m0/s1. The summed E-state index contributed by atoms with van der Waals surface area (Å²) in [5.41, 5.74) is 4.37. The number of carboxylic acids is 1. The molecule has 32 heavy (non-hydrogen) atoms. The molecule has 0 saturated heterocycles. The zero-order valence-electron chi connectivity index (χ0n) is 18.3. The highest BCUT2D eigenvalue weighted by Gasteiger charge is 2.18. The first-order valence-electron chi connectivity index (χ1n) is 10.8. The Morgan fingerprint density at radius 2 is 1.78 bits per heavy atom. The number of nitrogens with one attached hydrogen (secondary N) is 3. The summed E-state index contributed by atoms with van der Waals surface area (Å²) in [6.45, 7) is 3.06. The molecule has 172 valence electrons. The Labute approximate surface area is 188 Å². The Kier molecular flexibility index (Phi) is 10.9. The van der Waals surface area contributed by atoms with Crippen LogP contribution in [0.25, 0.3) is 0 Å². The fourth-order valence-corrected chi connectivity index (χ4v) is 3.13. The van der Waals surface area contributed by atoms with Gasteiger partial charge in [-0.15, -0.1) is 0 Å². The van der Waals surface area contributed by atoms with Crippen molar-refractivity contribution in [2.24, 2.45) is 0 Å². The van der Waals surface area contributed by atoms with Crippen LogP contribution in [0.2, 0.25) is 0 Å². The minimum absolute atomic E-state index is 0.140. The van der Waals surface area contributed by atoms with E-state index < -0.39 is 12.0 Å². The first-order valence-corrected chi connectivity index (χ1v) is 10.8. The zero-order chi connectivity index (χ0) is 23.2. The number of hydrogen-bond donors (Lipinski definition) is 4. The minimum atomic E-state index is -0.958. The highest BCUT2D eigenvalue weighted by molar-refractivity contribution is 5.94. The lowest BCUT2D eigenvalue weighted by atomic mass is 10.1. The Hall–Kier alpha value is -3.23. The summed E-state index contributed by atoms with van der Waals surface area (Å²) in [4.78, 5) is 40.3. The van der Waals surface area contributed by atoms with Gasteiger partial charge in [0, 0.05) is 25.1 Å². The second-order valence-electron chi connectivity index (χ2n) is 7.29. The molecule has 2 aromatic rings. The highest BCUT2D eigenvalue weighted by Crippen LogP contribution is 2.14. The van der Waals surface area contributed by atoms with Gasteiger partial charge in [0.25, 0.3) is 5.91 Å². The van der Waals surface area contributed by atoms with E-state index in [0.717, 1.165) is 24.8 Å². The number of carbonyl (C=O) groups is 3. The third-order valence-corrected chi connectivity index (χ3v) is 4.78. The van der Waals surface area contributed by atoms with Gasteiger partial charge in [-0.3, -0.25) is 24.5 Å². The molecule has 0 spiro atoms. The van der Waals surface area contributed by atoms with Gasteiger partial charge in [0.15, 0.2) is 0 Å². The van der Waals surface area contributed by atoms with Gasteiger partial charge in [-0.1, -0.05) is 48.9 Å². The third-order valence-electron chi connectivity index (χ3n) is 4.78. The normalized spacial score (nSPS) is 11.5. The number of aliphatic carboxylic acids is 1. The largest absolute Gasteiger partial charge is 0.480 e. The summed E-state index contributed by atoms with van der Waals surface area (Å²) < 4.78 is 0. The van der Waals surface area contributed by atoms with Gasteiger partial charge in [-0.25, -0.2) is 5.48 Å². The van der Waals surface area contributed by atoms with Gasteiger partial charge in [-0.2, -0.15) is 0 Å². The number of benzene rings is 2. The molecule has 2 aromatic carbocycles. The van der Waals surface area contributed by atoms with Gasteiger partial charge < -0.3 is 10.4 Å². The molecular weight excluding hydrogens is 410 g/mol. The first-order chi connectivity index (χ1) is 15.5. The molecule has 0 aliphatic carbocycles. The summed E-state index contributed by atoms with van der Waals surface area (Å²) in [5, 5.41) is 15.4. The lowest BCUT2D eigenvalue weighted by Gasteiger charge is -2.15. The maximum Gasteiger partial charge on any atom is 0.325 e. The van der Waals surface area contributed by atoms with Crippen LogP contribution in [0.15, 0.2) is 54.6 Å². The third kappa shape index (κ3) is 8.87. The molecule has 0 saturated carbocycles. The van der Waals surface area contributed by atoms with E-state index >= 15 is 0 Å². The molecule has 2 rings (SSSR count). The number of carbonyl (C=O) groups excluding carboxylic acids is 2. The molecule has 0 radical (unpaired) electrons. The van der Waals surface area contributed by atoms with E-state index in [4.69, 9.17) is 4.84 Å². The van der Waals surface area contributed by atoms with Crippen LogP contribution in [0.1, 0.15) is 60.1 Å². The molecule has 2 amide bonds. The molecule has 0 heterocycles. The van der Waals surface area contributed by atoms with Crippen LogP contribution in [-0.4, -0.2) is 36.0 Å². The maximum atomic E-state index is 12.4. The Bertz CT molecular complexity index is 873. The second-order valence-corrected chi connectivity index (χ2v) is 7.29. The smallest absolute Gasteiger partial charge is 0.325 e. The van der Waals surface area contributed by atoms with E-state index in [0.29, 0.717) is 37.2 Å². The van der Waals surface area contributed by atoms with E-state index in [1.54, 1.807) is 49.4 Å². The fourth-order valence-electron chi connectivity index (χ4n) is 3.13. The van der Waals surface area contributed by atoms with Crippen LogP contribution in [0.4, 0.5) is 0 Å². The van der Waals surface area contributed by atoms with E-state index in [1.807, 2.05) is 12.1 Å². The van der Waals surface area contributed by atoms with Gasteiger partial charge in [0.2, 0.25) is 5.91 Å². The van der Waals surface area contributed by atoms with Crippen LogP contribution >= 0.6 is 0 Å². The predicted molar refractivity (Wildman–Crippen MR) is 121 cm³/mol. The molecule has 0 unspecified atom stereocenters. The van der Waals surface area contributed by atoms with E-state index in [2.05, 4.69) is 16.1 Å². The number of hydroxylamine groups is 1. The molecule has 0 aliphatic rings. The molecule has 0 aromatic heterocycles. The topological polar surface area (TPSA) is 117 Å². The summed E-state index contributed by atoms with van der Waals surface area (Å²) in [5.74, 6) is -1.28. The first kappa shape index (κ1) is 25.0. The maximum absolute atomic E-state index is 12.4. The molecule has 4 N–H and O–H groups in total. The SMILES string of the molecule is CCONC(=O)CCCCCNC(=O)c1cccc(CN[C@H](C(=O)O)c2ccccc2)c1. The molecule has 0 aliphatic heterocycles. The van der Waals surface area contributed by atoms with Crippen molar-refractivity contribution in [2.75, 3.05) is 13.2 Å². The zero-order valence-corrected chi connectivity index (χ0v) is 18.3. The van der Waals surface area contributed by atoms with Crippen molar-refractivity contribution in [3.8, 4) is 0 Å². The second kappa shape index (κ2) is 14.0. The van der Waals surface area contributed by atoms with Gasteiger partial charge in [-0.05, 0) is 43.0 Å². The van der Waals surface area contributed by atoms with E-state index in [-0.39, 0.29) is 11.8 Å². The van der Waals surface area contributed by atoms with Gasteiger partial charge in [0.1, 0.15) is 6.04 Å². The number of unbranched alkanes of at least 4 members (excludes halogenated alkanes) is 2. The van der Waals surface area contributed by atoms with Crippen LogP contribution < -0.4 is 16.1 Å². The van der Waals surface area contributed by atoms with Crippen molar-refractivity contribution in [3.63, 3.8) is 0 Å². The Balaban J connectivity index is 1.76. The van der Waals surface area contributed by atoms with E-state index in [9.17, 15) is 19.5 Å². The summed E-state index contributed by atoms with van der Waals surface area (Å²) in [6.07, 6.45) is 2.71. The van der Waals surface area contributed by atoms with Crippen LogP contribution in [0.5, 0.6) is 0 Å². The number of rotatable bonds is 14. The van der Waals surface area contributed by atoms with E-state index in [1.165, 1.54) is 0 Å². The fraction of sp³-hybridized carbons (Fsp3) is 0.375. The predicted octanol–water partition coefficient (Wildman–Crippen LogP) is 2.96. The summed E-state index contributed by atoms with van der Waals surface area (Å²) in [7, 11) is 0. The molecule has 0 fully saturated rings. The Morgan fingerprint density at radius 1 is 1.00 bits per heavy atom. The molecule has 1 atom stereocenters. The molecule has 8 nitrogen and oxygen atoms in total. The van der Waals surface area contributed by atoms with Crippen LogP contribution in [0.3, 0.4) is 0 Å². The molecular formula is C24H31N3O5. The molecule has 8 heteroatoms. The monoisotopic (exact) mass is 441 g/mol. The summed E-state index contributed by atoms with van der Waals surface area (Å²) in [6, 6.07) is 15.2. The quantitative estimate of drug-likeness (QED) is 0.265. The van der Waals surface area contributed by atoms with Gasteiger partial charge >= 0.3 is 5.97 Å². The highest BCUT2D eigenvalue weighted by atomic mass is 16.6. The van der Waals surface area contributed by atoms with Crippen LogP contribution in [-0.2, 0) is 21.0 Å². The van der Waals surface area contributed by atoms with Crippen molar-refractivity contribution in [3.05, 3.63) is 71.3 Å². The number of hydrogen-bond acceptors (Lipinski definition) is 5. The van der Waals surface area contributed by atoms with Gasteiger partial charge in [0.05, 0.1) is 6.61 Å². The van der Waals surface area contributed by atoms with Crippen molar-refractivity contribution >= 4 is 17.8 Å². The summed E-state index contributed by atoms with van der Waals surface area (Å²) >= 11 is 0. The van der Waals surface area contributed by atoms with Crippen LogP contribution in [0, 0.1) is 0 Å². The average Bonchev–Trinajstić information content (AvgIpc) is 2.80. The van der Waals surface area contributed by atoms with Crippen molar-refractivity contribution in [1.82, 2.24) is 16.1 Å². The minimum Gasteiger partial charge on any atom is -0.480 e. The lowest BCUT2D eigenvalue weighted by molar-refractivity contribution is -0.139.